The van der Waals surface area contributed by atoms with Gasteiger partial charge in [0.1, 0.15) is 0 Å². The number of carbonyl (C=O) groups is 2. The summed E-state index contributed by atoms with van der Waals surface area (Å²) in [6.45, 7) is 5.84. The first-order valence-corrected chi connectivity index (χ1v) is 10.4. The van der Waals surface area contributed by atoms with Gasteiger partial charge in [0.05, 0.1) is 11.0 Å². The fraction of sp³-hybridized carbons (Fsp3) is 0.368. The van der Waals surface area contributed by atoms with Gasteiger partial charge in [-0.1, -0.05) is 30.9 Å². The third-order valence-corrected chi connectivity index (χ3v) is 6.27. The third-order valence-electron chi connectivity index (χ3n) is 4.33. The Kier molecular flexibility index (Phi) is 7.46. The molecule has 0 saturated heterocycles. The largest absolute Gasteiger partial charge is 0.456 e. The van der Waals surface area contributed by atoms with Gasteiger partial charge < -0.3 is 9.47 Å². The zero-order chi connectivity index (χ0) is 22.5. The van der Waals surface area contributed by atoms with Crippen LogP contribution in [-0.4, -0.2) is 54.4 Å². The molecule has 0 saturated carbocycles. The predicted molar refractivity (Wildman–Crippen MR) is 106 cm³/mol. The average Bonchev–Trinajstić information content (AvgIpc) is 2.70. The lowest BCUT2D eigenvalue weighted by Crippen LogP contribution is -2.53. The summed E-state index contributed by atoms with van der Waals surface area (Å²) in [5, 5.41) is 11.4. The molecule has 10 nitrogen and oxygen atoms in total. The molecule has 1 aromatic rings. The molecule has 0 N–H and O–H groups in total. The predicted octanol–water partition coefficient (Wildman–Crippen LogP) is 1.96. The highest BCUT2D eigenvalue weighted by Gasteiger charge is 2.43. The molecule has 11 heteroatoms. The summed E-state index contributed by atoms with van der Waals surface area (Å²) in [6.07, 6.45) is 2.40. The van der Waals surface area contributed by atoms with Gasteiger partial charge in [-0.15, -0.1) is 0 Å². The van der Waals surface area contributed by atoms with Gasteiger partial charge >= 0.3 is 11.9 Å². The molecule has 0 spiro atoms. The van der Waals surface area contributed by atoms with Gasteiger partial charge in [-0.25, -0.2) is 8.42 Å². The number of esters is 2. The van der Waals surface area contributed by atoms with Crippen molar-refractivity contribution in [3.05, 3.63) is 59.2 Å². The minimum atomic E-state index is -4.36. The minimum Gasteiger partial charge on any atom is -0.456 e. The Balaban J connectivity index is 2.56. The van der Waals surface area contributed by atoms with Crippen LogP contribution >= 0.6 is 0 Å². The molecule has 3 atom stereocenters. The zero-order valence-electron chi connectivity index (χ0n) is 16.5. The van der Waals surface area contributed by atoms with E-state index in [0.29, 0.717) is 6.42 Å². The SMILES string of the molecule is C=C[C@@H](OC(C)=O)[C@@H](OC(C)=O)[C@H]1C=CCCN1S(=O)(=O)c1ccccc1[N+](=O)[O-]. The number of nitro benzene ring substituents is 1. The fourth-order valence-corrected chi connectivity index (χ4v) is 4.92. The van der Waals surface area contributed by atoms with Crippen molar-refractivity contribution in [1.29, 1.82) is 0 Å². The third kappa shape index (κ3) is 5.10. The number of rotatable bonds is 8. The van der Waals surface area contributed by atoms with E-state index in [9.17, 15) is 28.1 Å². The summed E-state index contributed by atoms with van der Waals surface area (Å²) in [7, 11) is -4.36. The topological polar surface area (TPSA) is 133 Å². The molecule has 30 heavy (non-hydrogen) atoms. The molecule has 1 aliphatic heterocycles. The van der Waals surface area contributed by atoms with Crippen molar-refractivity contribution in [2.45, 2.75) is 43.4 Å². The number of carbonyl (C=O) groups excluding carboxylic acids is 2. The van der Waals surface area contributed by atoms with Crippen molar-refractivity contribution in [1.82, 2.24) is 4.31 Å². The Labute approximate surface area is 174 Å². The molecule has 0 amide bonds. The molecule has 2 rings (SSSR count). The lowest BCUT2D eigenvalue weighted by Gasteiger charge is -2.37. The molecule has 0 fully saturated rings. The lowest BCUT2D eigenvalue weighted by atomic mass is 10.0. The monoisotopic (exact) mass is 438 g/mol. The van der Waals surface area contributed by atoms with Crippen molar-refractivity contribution in [2.24, 2.45) is 0 Å². The molecule has 1 heterocycles. The van der Waals surface area contributed by atoms with Crippen LogP contribution in [0, 0.1) is 10.1 Å². The molecular formula is C19H22N2O8S. The Morgan fingerprint density at radius 2 is 1.90 bits per heavy atom. The molecule has 0 aromatic heterocycles. The molecular weight excluding hydrogens is 416 g/mol. The van der Waals surface area contributed by atoms with Gasteiger partial charge in [0.15, 0.2) is 17.1 Å². The Bertz CT molecular complexity index is 973. The molecule has 1 aliphatic rings. The van der Waals surface area contributed by atoms with Crippen LogP contribution in [0.5, 0.6) is 0 Å². The molecule has 0 unspecified atom stereocenters. The van der Waals surface area contributed by atoms with Crippen molar-refractivity contribution < 1.29 is 32.4 Å². The highest BCUT2D eigenvalue weighted by atomic mass is 32.2. The quantitative estimate of drug-likeness (QED) is 0.260. The van der Waals surface area contributed by atoms with Crippen LogP contribution in [-0.2, 0) is 29.1 Å². The second kappa shape index (κ2) is 9.63. The molecule has 0 bridgehead atoms. The average molecular weight is 438 g/mol. The van der Waals surface area contributed by atoms with Crippen molar-refractivity contribution in [2.75, 3.05) is 6.54 Å². The summed E-state index contributed by atoms with van der Waals surface area (Å²) in [5.41, 5.74) is -0.574. The van der Waals surface area contributed by atoms with Gasteiger partial charge in [0.2, 0.25) is 0 Å². The maximum absolute atomic E-state index is 13.4. The van der Waals surface area contributed by atoms with E-state index in [1.807, 2.05) is 0 Å². The highest BCUT2D eigenvalue weighted by Crippen LogP contribution is 2.31. The Hall–Kier alpha value is -3.05. The number of sulfonamides is 1. The standard InChI is InChI=1S/C19H22N2O8S/c1-4-17(28-13(2)22)19(29-14(3)23)16-10-7-8-12-20(16)30(26,27)18-11-6-5-9-15(18)21(24)25/h4-7,9-11,16-17,19H,1,8,12H2,2-3H3/t16-,17-,19+/m1/s1. The summed E-state index contributed by atoms with van der Waals surface area (Å²) in [5.74, 6) is -1.40. The van der Waals surface area contributed by atoms with Gasteiger partial charge in [-0.3, -0.25) is 19.7 Å². The Morgan fingerprint density at radius 3 is 2.47 bits per heavy atom. The van der Waals surface area contributed by atoms with Crippen LogP contribution in [0.3, 0.4) is 0 Å². The first-order chi connectivity index (χ1) is 14.1. The smallest absolute Gasteiger partial charge is 0.303 e. The maximum Gasteiger partial charge on any atom is 0.303 e. The van der Waals surface area contributed by atoms with E-state index in [0.717, 1.165) is 30.3 Å². The highest BCUT2D eigenvalue weighted by molar-refractivity contribution is 7.89. The minimum absolute atomic E-state index is 0.0166. The lowest BCUT2D eigenvalue weighted by molar-refractivity contribution is -0.387. The molecule has 0 aliphatic carbocycles. The normalized spacial score (nSPS) is 18.8. The number of hydrogen-bond donors (Lipinski definition) is 0. The summed E-state index contributed by atoms with van der Waals surface area (Å²) < 4.78 is 38.2. The van der Waals surface area contributed by atoms with Crippen molar-refractivity contribution in [3.63, 3.8) is 0 Å². The van der Waals surface area contributed by atoms with E-state index in [1.165, 1.54) is 24.3 Å². The molecule has 162 valence electrons. The molecule has 0 radical (unpaired) electrons. The van der Waals surface area contributed by atoms with Crippen LogP contribution < -0.4 is 0 Å². The van der Waals surface area contributed by atoms with Crippen LogP contribution in [0.4, 0.5) is 5.69 Å². The van der Waals surface area contributed by atoms with E-state index in [4.69, 9.17) is 9.47 Å². The number of nitro groups is 1. The molecule has 1 aromatic carbocycles. The van der Waals surface area contributed by atoms with E-state index in [-0.39, 0.29) is 6.54 Å². The van der Waals surface area contributed by atoms with Gasteiger partial charge in [-0.2, -0.15) is 4.31 Å². The number of benzene rings is 1. The van der Waals surface area contributed by atoms with Gasteiger partial charge in [-0.05, 0) is 18.6 Å². The summed E-state index contributed by atoms with van der Waals surface area (Å²) in [4.78, 5) is 33.3. The van der Waals surface area contributed by atoms with Gasteiger partial charge in [0, 0.05) is 26.5 Å². The summed E-state index contributed by atoms with van der Waals surface area (Å²) in [6, 6.07) is 3.90. The van der Waals surface area contributed by atoms with Crippen LogP contribution in [0.1, 0.15) is 20.3 Å². The van der Waals surface area contributed by atoms with Crippen molar-refractivity contribution >= 4 is 27.6 Å². The van der Waals surface area contributed by atoms with Crippen LogP contribution in [0.15, 0.2) is 54.0 Å². The van der Waals surface area contributed by atoms with E-state index < -0.39 is 55.7 Å². The van der Waals surface area contributed by atoms with Crippen LogP contribution in [0.25, 0.3) is 0 Å². The second-order valence-electron chi connectivity index (χ2n) is 6.43. The first kappa shape index (κ1) is 23.2. The second-order valence-corrected chi connectivity index (χ2v) is 8.29. The number of ether oxygens (including phenoxy) is 2. The fourth-order valence-electron chi connectivity index (χ4n) is 3.15. The van der Waals surface area contributed by atoms with Crippen LogP contribution in [0.2, 0.25) is 0 Å². The number of nitrogens with zero attached hydrogens (tertiary/aromatic N) is 2. The number of para-hydroxylation sites is 1. The maximum atomic E-state index is 13.4. The van der Waals surface area contributed by atoms with E-state index in [2.05, 4.69) is 6.58 Å². The summed E-state index contributed by atoms with van der Waals surface area (Å²) >= 11 is 0. The van der Waals surface area contributed by atoms with E-state index in [1.54, 1.807) is 6.08 Å². The van der Waals surface area contributed by atoms with E-state index >= 15 is 0 Å². The van der Waals surface area contributed by atoms with Gasteiger partial charge in [0.25, 0.3) is 15.7 Å². The number of hydrogen-bond acceptors (Lipinski definition) is 8. The first-order valence-electron chi connectivity index (χ1n) is 8.98. The Morgan fingerprint density at radius 1 is 1.27 bits per heavy atom. The zero-order valence-corrected chi connectivity index (χ0v) is 17.3. The van der Waals surface area contributed by atoms with Crippen molar-refractivity contribution in [3.8, 4) is 0 Å².